The second-order valence-electron chi connectivity index (χ2n) is 14.5. The molecule has 1 aromatic carbocycles. The van der Waals surface area contributed by atoms with Gasteiger partial charge in [-0.05, 0) is 70.7 Å². The summed E-state index contributed by atoms with van der Waals surface area (Å²) >= 11 is 0. The van der Waals surface area contributed by atoms with Crippen LogP contribution in [-0.2, 0) is 16.2 Å². The number of nitrogens with zero attached hydrogens (tertiary/aromatic N) is 9. The quantitative estimate of drug-likeness (QED) is 0.168. The molecule has 13 heteroatoms. The maximum Gasteiger partial charge on any atom is 0.410 e. The molecule has 2 aliphatic rings. The Morgan fingerprint density at radius 2 is 1.82 bits per heavy atom. The van der Waals surface area contributed by atoms with Crippen molar-refractivity contribution in [3.8, 4) is 16.9 Å². The highest BCUT2D eigenvalue weighted by atomic mass is 28.3. The minimum Gasteiger partial charge on any atom is -0.444 e. The summed E-state index contributed by atoms with van der Waals surface area (Å²) in [5.41, 5.74) is 2.89. The minimum atomic E-state index is -1.20. The van der Waals surface area contributed by atoms with Crippen molar-refractivity contribution in [3.63, 3.8) is 0 Å². The molecule has 6 rings (SSSR count). The molecule has 0 spiro atoms. The van der Waals surface area contributed by atoms with Crippen LogP contribution in [0, 0.1) is 0 Å². The van der Waals surface area contributed by atoms with E-state index in [1.54, 1.807) is 12.4 Å². The van der Waals surface area contributed by atoms with Crippen molar-refractivity contribution in [2.45, 2.75) is 103 Å². The van der Waals surface area contributed by atoms with Crippen LogP contribution in [-0.4, -0.2) is 91.2 Å². The van der Waals surface area contributed by atoms with E-state index in [1.807, 2.05) is 72.7 Å². The molecule has 2 saturated heterocycles. The maximum atomic E-state index is 12.9. The molecule has 0 aliphatic carbocycles. The Morgan fingerprint density at radius 1 is 1.07 bits per heavy atom. The Bertz CT molecular complexity index is 1610. The van der Waals surface area contributed by atoms with Crippen LogP contribution in [0.25, 0.3) is 27.8 Å². The summed E-state index contributed by atoms with van der Waals surface area (Å²) in [4.78, 5) is 21.7. The van der Waals surface area contributed by atoms with Crippen molar-refractivity contribution < 1.29 is 14.3 Å². The van der Waals surface area contributed by atoms with Crippen molar-refractivity contribution in [2.24, 2.45) is 0 Å². The normalized spacial score (nSPS) is 20.2. The zero-order chi connectivity index (χ0) is 31.9. The Labute approximate surface area is 265 Å². The Hall–Kier alpha value is -3.84. The first kappa shape index (κ1) is 31.2. The standard InChI is InChI=1S/C32H45N9O3Si/c1-32(2,3)44-31(42)41-22-9-10-23(41)18-24(17-22)38(4)30-33-20-27(36-37-30)25-11-12-28(39-14-8-13-34-39)29-26(25)19-35-40(29)21-43-15-16-45(5,6)7/h8,11-14,19-20,22-24H,9-10,15-18,21H2,1-7H3/t22-,23+,24?. The number of anilines is 1. The number of benzene rings is 1. The molecule has 45 heavy (non-hydrogen) atoms. The molecule has 0 saturated carbocycles. The van der Waals surface area contributed by atoms with E-state index < -0.39 is 13.7 Å². The van der Waals surface area contributed by atoms with Crippen LogP contribution in [0.4, 0.5) is 10.7 Å². The van der Waals surface area contributed by atoms with Gasteiger partial charge in [0.05, 0.1) is 23.6 Å². The lowest BCUT2D eigenvalue weighted by molar-refractivity contribution is 0.00594. The average molecular weight is 632 g/mol. The summed E-state index contributed by atoms with van der Waals surface area (Å²) in [5.74, 6) is 0.574. The number of aromatic nitrogens is 7. The number of rotatable bonds is 9. The summed E-state index contributed by atoms with van der Waals surface area (Å²) in [7, 11) is 0.822. The van der Waals surface area contributed by atoms with E-state index in [4.69, 9.17) is 19.6 Å². The van der Waals surface area contributed by atoms with Crippen molar-refractivity contribution >= 4 is 31.0 Å². The zero-order valence-corrected chi connectivity index (χ0v) is 28.5. The summed E-state index contributed by atoms with van der Waals surface area (Å²) in [6.07, 6.45) is 10.8. The molecule has 5 heterocycles. The molecule has 1 unspecified atom stereocenters. The number of hydrogen-bond donors (Lipinski definition) is 0. The Morgan fingerprint density at radius 3 is 2.44 bits per heavy atom. The third-order valence-corrected chi connectivity index (χ3v) is 10.4. The molecule has 1 amide bonds. The Kier molecular flexibility index (Phi) is 8.42. The number of amides is 1. The molecular formula is C32H45N9O3Si. The smallest absolute Gasteiger partial charge is 0.410 e. The minimum absolute atomic E-state index is 0.163. The van der Waals surface area contributed by atoms with Crippen LogP contribution in [0.5, 0.6) is 0 Å². The van der Waals surface area contributed by atoms with Crippen molar-refractivity contribution in [2.75, 3.05) is 18.6 Å². The number of ether oxygens (including phenoxy) is 2. The SMILES string of the molecule is CN(c1ncc(-c2ccc(-n3cccn3)c3c2cnn3COCC[Si](C)(C)C)nn1)C1C[C@H]2CC[C@@H](C1)N2C(=O)OC(C)(C)C. The second kappa shape index (κ2) is 12.2. The van der Waals surface area contributed by atoms with E-state index in [2.05, 4.69) is 39.8 Å². The molecule has 2 bridgehead atoms. The summed E-state index contributed by atoms with van der Waals surface area (Å²) in [6, 6.07) is 7.59. The van der Waals surface area contributed by atoms with Crippen LogP contribution in [0.15, 0.2) is 43.0 Å². The van der Waals surface area contributed by atoms with Gasteiger partial charge in [0.25, 0.3) is 0 Å². The van der Waals surface area contributed by atoms with Crippen LogP contribution in [0.2, 0.25) is 25.7 Å². The van der Waals surface area contributed by atoms with Gasteiger partial charge in [-0.2, -0.15) is 10.2 Å². The highest BCUT2D eigenvalue weighted by molar-refractivity contribution is 6.76. The molecule has 12 nitrogen and oxygen atoms in total. The number of carbonyl (C=O) groups is 1. The lowest BCUT2D eigenvalue weighted by atomic mass is 9.97. The number of carbonyl (C=O) groups excluding carboxylic acids is 1. The fraction of sp³-hybridized carbons (Fsp3) is 0.562. The van der Waals surface area contributed by atoms with Gasteiger partial charge in [0.2, 0.25) is 5.95 Å². The van der Waals surface area contributed by atoms with Crippen molar-refractivity contribution in [1.82, 2.24) is 39.6 Å². The number of fused-ring (bicyclic) bond motifs is 3. The average Bonchev–Trinajstić information content (AvgIpc) is 3.72. The summed E-state index contributed by atoms with van der Waals surface area (Å²) in [6.45, 7) is 13.8. The first-order chi connectivity index (χ1) is 21.4. The second-order valence-corrected chi connectivity index (χ2v) is 20.1. The monoisotopic (exact) mass is 631 g/mol. The summed E-state index contributed by atoms with van der Waals surface area (Å²) in [5, 5.41) is 19.3. The molecule has 0 radical (unpaired) electrons. The molecule has 4 aromatic rings. The molecule has 240 valence electrons. The van der Waals surface area contributed by atoms with E-state index in [-0.39, 0.29) is 24.2 Å². The van der Waals surface area contributed by atoms with Crippen LogP contribution in [0.1, 0.15) is 46.5 Å². The fourth-order valence-corrected chi connectivity index (χ4v) is 7.18. The third kappa shape index (κ3) is 6.74. The fourth-order valence-electron chi connectivity index (χ4n) is 6.43. The van der Waals surface area contributed by atoms with E-state index in [0.29, 0.717) is 25.0 Å². The lowest BCUT2D eigenvalue weighted by Gasteiger charge is -2.42. The highest BCUT2D eigenvalue weighted by Crippen LogP contribution is 2.39. The molecule has 3 aromatic heterocycles. The largest absolute Gasteiger partial charge is 0.444 e. The predicted octanol–water partition coefficient (Wildman–Crippen LogP) is 5.75. The molecule has 2 fully saturated rings. The van der Waals surface area contributed by atoms with Gasteiger partial charge in [-0.15, -0.1) is 10.2 Å². The van der Waals surface area contributed by atoms with E-state index in [1.165, 1.54) is 0 Å². The third-order valence-electron chi connectivity index (χ3n) is 8.74. The maximum absolute atomic E-state index is 12.9. The highest BCUT2D eigenvalue weighted by Gasteiger charge is 2.46. The lowest BCUT2D eigenvalue weighted by Crippen LogP contribution is -2.53. The number of piperidine rings is 1. The molecular weight excluding hydrogens is 586 g/mol. The number of hydrogen-bond acceptors (Lipinski definition) is 9. The van der Waals surface area contributed by atoms with E-state index in [0.717, 1.165) is 53.9 Å². The first-order valence-electron chi connectivity index (χ1n) is 15.9. The van der Waals surface area contributed by atoms with Gasteiger partial charge in [0.15, 0.2) is 0 Å². The van der Waals surface area contributed by atoms with Crippen molar-refractivity contribution in [3.05, 3.63) is 43.0 Å². The van der Waals surface area contributed by atoms with Gasteiger partial charge < -0.3 is 19.3 Å². The van der Waals surface area contributed by atoms with Gasteiger partial charge >= 0.3 is 6.09 Å². The summed E-state index contributed by atoms with van der Waals surface area (Å²) < 4.78 is 15.5. The van der Waals surface area contributed by atoms with Gasteiger partial charge in [-0.25, -0.2) is 19.1 Å². The molecule has 0 N–H and O–H groups in total. The first-order valence-corrected chi connectivity index (χ1v) is 19.6. The topological polar surface area (TPSA) is 116 Å². The van der Waals surface area contributed by atoms with Crippen LogP contribution < -0.4 is 4.90 Å². The van der Waals surface area contributed by atoms with E-state index in [9.17, 15) is 4.79 Å². The van der Waals surface area contributed by atoms with Crippen LogP contribution >= 0.6 is 0 Å². The van der Waals surface area contributed by atoms with Gasteiger partial charge in [0, 0.05) is 63.2 Å². The van der Waals surface area contributed by atoms with Crippen LogP contribution in [0.3, 0.4) is 0 Å². The van der Waals surface area contributed by atoms with Gasteiger partial charge in [0.1, 0.15) is 18.0 Å². The predicted molar refractivity (Wildman–Crippen MR) is 176 cm³/mol. The zero-order valence-electron chi connectivity index (χ0n) is 27.5. The molecule has 2 aliphatic heterocycles. The Balaban J connectivity index is 1.20. The van der Waals surface area contributed by atoms with Gasteiger partial charge in [-0.1, -0.05) is 19.6 Å². The van der Waals surface area contributed by atoms with E-state index >= 15 is 0 Å². The van der Waals surface area contributed by atoms with Crippen molar-refractivity contribution in [1.29, 1.82) is 0 Å². The molecule has 3 atom stereocenters. The van der Waals surface area contributed by atoms with Gasteiger partial charge in [-0.3, -0.25) is 0 Å².